The number of halogens is 2. The monoisotopic (exact) mass is 451 g/mol. The molecule has 1 aromatic carbocycles. The standard InChI is InChI=1S/C24H27F2N7/c1-28-20(9-12-27)22-18-5-3-4-6-19(18)24(31-30-22)33-13-10-17(11-14-33)32(2)15-16-7-8-21(25)29-23(16)26/h3-8,12,17,27H,9-11,13-15H2,1-2H3. The van der Waals surface area contributed by atoms with Gasteiger partial charge in [0.1, 0.15) is 5.69 Å². The molecule has 0 spiro atoms. The highest BCUT2D eigenvalue weighted by Crippen LogP contribution is 2.29. The fourth-order valence-corrected chi connectivity index (χ4v) is 4.40. The Morgan fingerprint density at radius 1 is 1.15 bits per heavy atom. The van der Waals surface area contributed by atoms with Gasteiger partial charge in [0, 0.05) is 61.7 Å². The smallest absolute Gasteiger partial charge is 0.220 e. The van der Waals surface area contributed by atoms with Crippen molar-refractivity contribution in [2.75, 3.05) is 32.1 Å². The number of anilines is 1. The van der Waals surface area contributed by atoms with Crippen LogP contribution in [0.3, 0.4) is 0 Å². The summed E-state index contributed by atoms with van der Waals surface area (Å²) in [5.41, 5.74) is 1.85. The van der Waals surface area contributed by atoms with Crippen LogP contribution in [0.15, 0.2) is 41.4 Å². The minimum Gasteiger partial charge on any atom is -0.354 e. The Bertz CT molecular complexity index is 1170. The van der Waals surface area contributed by atoms with Gasteiger partial charge < -0.3 is 10.3 Å². The Morgan fingerprint density at radius 3 is 2.55 bits per heavy atom. The van der Waals surface area contributed by atoms with Crippen molar-refractivity contribution in [3.63, 3.8) is 0 Å². The second-order valence-electron chi connectivity index (χ2n) is 8.21. The third-order valence-corrected chi connectivity index (χ3v) is 6.21. The molecule has 0 amide bonds. The molecule has 1 fully saturated rings. The molecular formula is C24H27F2N7. The highest BCUT2D eigenvalue weighted by atomic mass is 19.1. The average molecular weight is 452 g/mol. The predicted molar refractivity (Wildman–Crippen MR) is 126 cm³/mol. The largest absolute Gasteiger partial charge is 0.354 e. The average Bonchev–Trinajstić information content (AvgIpc) is 2.84. The molecule has 1 saturated heterocycles. The first-order valence-electron chi connectivity index (χ1n) is 11.0. The van der Waals surface area contributed by atoms with E-state index in [2.05, 4.69) is 30.0 Å². The van der Waals surface area contributed by atoms with Crippen LogP contribution in [0, 0.1) is 17.3 Å². The summed E-state index contributed by atoms with van der Waals surface area (Å²) < 4.78 is 27.0. The molecular weight excluding hydrogens is 424 g/mol. The van der Waals surface area contributed by atoms with Crippen LogP contribution in [0.5, 0.6) is 0 Å². The van der Waals surface area contributed by atoms with Crippen molar-refractivity contribution >= 4 is 28.5 Å². The van der Waals surface area contributed by atoms with E-state index in [4.69, 9.17) is 5.41 Å². The van der Waals surface area contributed by atoms with Gasteiger partial charge in [0.25, 0.3) is 0 Å². The van der Waals surface area contributed by atoms with Gasteiger partial charge in [-0.3, -0.25) is 9.89 Å². The summed E-state index contributed by atoms with van der Waals surface area (Å²) in [6.45, 7) is 1.98. The summed E-state index contributed by atoms with van der Waals surface area (Å²) >= 11 is 0. The van der Waals surface area contributed by atoms with Gasteiger partial charge in [-0.25, -0.2) is 0 Å². The number of fused-ring (bicyclic) bond motifs is 1. The second-order valence-corrected chi connectivity index (χ2v) is 8.21. The molecule has 0 aliphatic carbocycles. The molecule has 0 unspecified atom stereocenters. The van der Waals surface area contributed by atoms with Crippen LogP contribution in [0.25, 0.3) is 10.8 Å². The van der Waals surface area contributed by atoms with Gasteiger partial charge in [-0.2, -0.15) is 13.8 Å². The van der Waals surface area contributed by atoms with Gasteiger partial charge in [0.05, 0.1) is 5.71 Å². The molecule has 0 bridgehead atoms. The van der Waals surface area contributed by atoms with Crippen molar-refractivity contribution in [3.8, 4) is 0 Å². The number of benzene rings is 1. The van der Waals surface area contributed by atoms with E-state index in [1.807, 2.05) is 31.3 Å². The van der Waals surface area contributed by atoms with Crippen LogP contribution in [-0.2, 0) is 6.54 Å². The molecule has 7 nitrogen and oxygen atoms in total. The van der Waals surface area contributed by atoms with E-state index in [1.165, 1.54) is 18.3 Å². The van der Waals surface area contributed by atoms with Crippen LogP contribution < -0.4 is 4.90 Å². The lowest BCUT2D eigenvalue weighted by Crippen LogP contribution is -2.43. The van der Waals surface area contributed by atoms with E-state index >= 15 is 0 Å². The van der Waals surface area contributed by atoms with Gasteiger partial charge in [0.2, 0.25) is 11.9 Å². The Morgan fingerprint density at radius 2 is 1.88 bits per heavy atom. The quantitative estimate of drug-likeness (QED) is 0.436. The molecule has 1 N–H and O–H groups in total. The molecule has 1 aliphatic heterocycles. The Labute approximate surface area is 191 Å². The first-order valence-corrected chi connectivity index (χ1v) is 11.0. The van der Waals surface area contributed by atoms with E-state index in [0.29, 0.717) is 24.2 Å². The molecule has 3 heterocycles. The lowest BCUT2D eigenvalue weighted by molar-refractivity contribution is 0.197. The summed E-state index contributed by atoms with van der Waals surface area (Å²) in [4.78, 5) is 11.9. The first kappa shape index (κ1) is 22.8. The predicted octanol–water partition coefficient (Wildman–Crippen LogP) is 3.86. The number of piperidine rings is 1. The molecule has 3 aromatic rings. The third-order valence-electron chi connectivity index (χ3n) is 6.21. The molecule has 9 heteroatoms. The number of rotatable bonds is 7. The maximum atomic E-state index is 14.0. The van der Waals surface area contributed by atoms with Gasteiger partial charge in [-0.15, -0.1) is 10.2 Å². The first-order chi connectivity index (χ1) is 16.0. The van der Waals surface area contributed by atoms with Gasteiger partial charge in [-0.05, 0) is 32.0 Å². The van der Waals surface area contributed by atoms with Crippen molar-refractivity contribution in [2.45, 2.75) is 31.8 Å². The zero-order valence-electron chi connectivity index (χ0n) is 18.8. The zero-order valence-corrected chi connectivity index (χ0v) is 18.8. The number of pyridine rings is 1. The van der Waals surface area contributed by atoms with E-state index < -0.39 is 11.9 Å². The molecule has 2 aromatic heterocycles. The SMILES string of the molecule is CN=C(CC=N)c1nnc(N2CCC(N(C)Cc3ccc(F)nc3F)CC2)c2ccccc12. The van der Waals surface area contributed by atoms with Crippen molar-refractivity contribution in [3.05, 3.63) is 59.6 Å². The highest BCUT2D eigenvalue weighted by Gasteiger charge is 2.26. The topological polar surface area (TPSA) is 81.4 Å². The minimum atomic E-state index is -0.804. The number of hydrogen-bond acceptors (Lipinski definition) is 7. The molecule has 33 heavy (non-hydrogen) atoms. The number of nitrogens with zero attached hydrogens (tertiary/aromatic N) is 6. The Balaban J connectivity index is 1.49. The van der Waals surface area contributed by atoms with Crippen molar-refractivity contribution in [2.24, 2.45) is 4.99 Å². The second kappa shape index (κ2) is 10.1. The summed E-state index contributed by atoms with van der Waals surface area (Å²) in [5, 5.41) is 18.5. The van der Waals surface area contributed by atoms with Crippen molar-refractivity contribution in [1.82, 2.24) is 20.1 Å². The number of aromatic nitrogens is 3. The lowest BCUT2D eigenvalue weighted by atomic mass is 10.0. The molecule has 0 radical (unpaired) electrons. The van der Waals surface area contributed by atoms with E-state index in [9.17, 15) is 8.78 Å². The van der Waals surface area contributed by atoms with Gasteiger partial charge in [0.15, 0.2) is 5.82 Å². The van der Waals surface area contributed by atoms with Gasteiger partial charge >= 0.3 is 0 Å². The molecule has 0 saturated carbocycles. The van der Waals surface area contributed by atoms with E-state index in [0.717, 1.165) is 48.2 Å². The molecule has 0 atom stereocenters. The van der Waals surface area contributed by atoms with Crippen LogP contribution >= 0.6 is 0 Å². The number of aliphatic imine (C=N–C) groups is 1. The molecule has 1 aliphatic rings. The number of hydrogen-bond donors (Lipinski definition) is 1. The maximum Gasteiger partial charge on any atom is 0.220 e. The summed E-state index contributed by atoms with van der Waals surface area (Å²) in [5.74, 6) is -0.713. The maximum absolute atomic E-state index is 14.0. The third kappa shape index (κ3) is 4.88. The van der Waals surface area contributed by atoms with Crippen LogP contribution in [0.2, 0.25) is 0 Å². The Hall–Kier alpha value is -3.33. The highest BCUT2D eigenvalue weighted by molar-refractivity contribution is 6.14. The molecule has 4 rings (SSSR count). The van der Waals surface area contributed by atoms with Crippen LogP contribution in [0.1, 0.15) is 30.5 Å². The van der Waals surface area contributed by atoms with E-state index in [1.54, 1.807) is 7.05 Å². The van der Waals surface area contributed by atoms with Gasteiger partial charge in [-0.1, -0.05) is 24.3 Å². The summed E-state index contributed by atoms with van der Waals surface area (Å²) in [6, 6.07) is 10.9. The Kier molecular flexibility index (Phi) is 6.98. The summed E-state index contributed by atoms with van der Waals surface area (Å²) in [6.07, 6.45) is 3.51. The zero-order chi connectivity index (χ0) is 23.4. The summed E-state index contributed by atoms with van der Waals surface area (Å²) in [7, 11) is 3.67. The normalized spacial score (nSPS) is 15.4. The van der Waals surface area contributed by atoms with Crippen LogP contribution in [0.4, 0.5) is 14.6 Å². The van der Waals surface area contributed by atoms with Crippen molar-refractivity contribution < 1.29 is 8.78 Å². The number of nitrogens with one attached hydrogen (secondary N) is 1. The van der Waals surface area contributed by atoms with Crippen LogP contribution in [-0.4, -0.2) is 65.2 Å². The van der Waals surface area contributed by atoms with Crippen molar-refractivity contribution in [1.29, 1.82) is 5.41 Å². The lowest BCUT2D eigenvalue weighted by Gasteiger charge is -2.37. The fourth-order valence-electron chi connectivity index (χ4n) is 4.40. The molecule has 172 valence electrons. The van der Waals surface area contributed by atoms with E-state index in [-0.39, 0.29) is 6.04 Å². The minimum absolute atomic E-state index is 0.274. The fraction of sp³-hybridized carbons (Fsp3) is 0.375.